The second kappa shape index (κ2) is 18.6. The van der Waals surface area contributed by atoms with Crippen LogP contribution in [0, 0.1) is 5.41 Å². The smallest absolute Gasteiger partial charge is 0.0591 e. The van der Waals surface area contributed by atoms with E-state index in [-0.39, 0.29) is 11.5 Å². The summed E-state index contributed by atoms with van der Waals surface area (Å²) in [6.07, 6.45) is 36.0. The van der Waals surface area contributed by atoms with E-state index in [4.69, 9.17) is 0 Å². The zero-order valence-electron chi connectivity index (χ0n) is 28.2. The molecule has 1 aliphatic carbocycles. The zero-order valence-corrected chi connectivity index (χ0v) is 28.2. The highest BCUT2D eigenvalue weighted by Crippen LogP contribution is 2.41. The van der Waals surface area contributed by atoms with Gasteiger partial charge >= 0.3 is 0 Å². The lowest BCUT2D eigenvalue weighted by molar-refractivity contribution is 0.0689. The van der Waals surface area contributed by atoms with Gasteiger partial charge in [-0.15, -0.1) is 0 Å². The highest BCUT2D eigenvalue weighted by molar-refractivity contribution is 5.38. The predicted octanol–water partition coefficient (Wildman–Crippen LogP) is 10.9. The molecule has 2 nitrogen and oxygen atoms in total. The molecule has 0 amide bonds. The van der Waals surface area contributed by atoms with Crippen LogP contribution in [0.2, 0.25) is 0 Å². The van der Waals surface area contributed by atoms with Crippen LogP contribution in [-0.4, -0.2) is 21.9 Å². The number of hydrogen-bond acceptors (Lipinski definition) is 2. The second-order valence-corrected chi connectivity index (χ2v) is 13.3. The maximum absolute atomic E-state index is 10.1. The minimum Gasteiger partial charge on any atom is -0.393 e. The molecular weight excluding hydrogens is 512 g/mol. The first kappa shape index (κ1) is 37.1. The monoisotopic (exact) mass is 570 g/mol. The lowest BCUT2D eigenvalue weighted by Crippen LogP contribution is -2.28. The maximum Gasteiger partial charge on any atom is 0.0591 e. The van der Waals surface area contributed by atoms with Crippen molar-refractivity contribution in [2.24, 2.45) is 5.41 Å². The molecule has 0 radical (unpaired) electrons. The second-order valence-electron chi connectivity index (χ2n) is 13.3. The Morgan fingerprint density at radius 1 is 0.762 bits per heavy atom. The number of hydrogen-bond donors (Lipinski definition) is 2. The van der Waals surface area contributed by atoms with E-state index in [2.05, 4.69) is 147 Å². The van der Waals surface area contributed by atoms with Crippen LogP contribution in [0.15, 0.2) is 130 Å². The molecule has 1 rings (SSSR count). The Kier molecular flexibility index (Phi) is 16.4. The zero-order chi connectivity index (χ0) is 31.8. The molecule has 0 aromatic rings. The van der Waals surface area contributed by atoms with Crippen molar-refractivity contribution in [2.45, 2.75) is 113 Å². The van der Waals surface area contributed by atoms with Gasteiger partial charge in [0, 0.05) is 0 Å². The Bertz CT molecular complexity index is 1200. The highest BCUT2D eigenvalue weighted by atomic mass is 16.3. The fraction of sp³-hybridized carbons (Fsp3) is 0.450. The van der Waals surface area contributed by atoms with Crippen molar-refractivity contribution in [2.75, 3.05) is 0 Å². The predicted molar refractivity (Wildman–Crippen MR) is 186 cm³/mol. The molecule has 1 aliphatic rings. The van der Waals surface area contributed by atoms with E-state index in [1.807, 2.05) is 13.8 Å². The molecule has 0 heterocycles. The molecule has 230 valence electrons. The summed E-state index contributed by atoms with van der Waals surface area (Å²) in [5.41, 5.74) is 8.17. The first-order valence-corrected chi connectivity index (χ1v) is 15.4. The quantitative estimate of drug-likeness (QED) is 0.204. The SMILES string of the molecule is CC1=C(/C=C/C(C)=C/C=C/C(C)=C/C=C/C=C(C)/C=C/C=C(C)/C=C/C=C(\C)CCCC(C)(C)O)C(C)(C)C[C@H](O)C1. The van der Waals surface area contributed by atoms with Crippen molar-refractivity contribution in [3.63, 3.8) is 0 Å². The molecule has 0 aromatic carbocycles. The topological polar surface area (TPSA) is 40.5 Å². The first-order chi connectivity index (χ1) is 19.6. The Hall–Kier alpha value is -2.94. The lowest BCUT2D eigenvalue weighted by Gasteiger charge is -2.35. The summed E-state index contributed by atoms with van der Waals surface area (Å²) < 4.78 is 0. The van der Waals surface area contributed by atoms with Gasteiger partial charge in [0.05, 0.1) is 11.7 Å². The standard InChI is InChI=1S/C40H58O2/c1-31(19-13-21-33(3)22-14-23-34(4)25-16-28-40(9,10)42)17-11-12-18-32(2)20-15-24-35(5)26-27-38-36(6)29-37(41)30-39(38,7)8/h11-15,17-24,26-27,37,41-42H,16,25,28-30H2,1-10H3/b12-11+,19-13+,20-15+,22-14+,27-26+,31-17+,32-18+,33-21+,34-23+,35-24+/t37-/m1/s1. The van der Waals surface area contributed by atoms with E-state index >= 15 is 0 Å². The van der Waals surface area contributed by atoms with Crippen molar-refractivity contribution in [3.8, 4) is 0 Å². The molecule has 0 bridgehead atoms. The molecule has 0 saturated carbocycles. The van der Waals surface area contributed by atoms with Gasteiger partial charge < -0.3 is 10.2 Å². The van der Waals surface area contributed by atoms with Crippen LogP contribution in [0.1, 0.15) is 101 Å². The number of rotatable bonds is 14. The Balaban J connectivity index is 2.58. The summed E-state index contributed by atoms with van der Waals surface area (Å²) >= 11 is 0. The van der Waals surface area contributed by atoms with Crippen molar-refractivity contribution < 1.29 is 10.2 Å². The Morgan fingerprint density at radius 3 is 1.69 bits per heavy atom. The summed E-state index contributed by atoms with van der Waals surface area (Å²) in [6.45, 7) is 20.9. The van der Waals surface area contributed by atoms with Gasteiger partial charge in [0.25, 0.3) is 0 Å². The van der Waals surface area contributed by atoms with E-state index < -0.39 is 5.60 Å². The summed E-state index contributed by atoms with van der Waals surface area (Å²) in [6, 6.07) is 0. The lowest BCUT2D eigenvalue weighted by atomic mass is 9.71. The molecule has 2 heteroatoms. The van der Waals surface area contributed by atoms with Gasteiger partial charge in [-0.1, -0.05) is 138 Å². The average Bonchev–Trinajstić information content (AvgIpc) is 2.84. The molecule has 0 unspecified atom stereocenters. The maximum atomic E-state index is 10.1. The van der Waals surface area contributed by atoms with Crippen LogP contribution in [0.25, 0.3) is 0 Å². The number of aliphatic hydroxyl groups excluding tert-OH is 1. The van der Waals surface area contributed by atoms with Crippen LogP contribution in [0.3, 0.4) is 0 Å². The third-order valence-corrected chi connectivity index (χ3v) is 7.35. The van der Waals surface area contributed by atoms with Gasteiger partial charge in [-0.05, 0) is 98.5 Å². The van der Waals surface area contributed by atoms with Crippen LogP contribution in [-0.2, 0) is 0 Å². The molecule has 0 fully saturated rings. The fourth-order valence-electron chi connectivity index (χ4n) is 4.98. The van der Waals surface area contributed by atoms with Crippen LogP contribution >= 0.6 is 0 Å². The van der Waals surface area contributed by atoms with E-state index in [0.29, 0.717) is 0 Å². The Morgan fingerprint density at radius 2 is 1.21 bits per heavy atom. The minimum atomic E-state index is -0.579. The van der Waals surface area contributed by atoms with Gasteiger partial charge in [-0.25, -0.2) is 0 Å². The van der Waals surface area contributed by atoms with Crippen molar-refractivity contribution >= 4 is 0 Å². The van der Waals surface area contributed by atoms with E-state index in [0.717, 1.165) is 32.1 Å². The molecule has 2 N–H and O–H groups in total. The normalized spacial score (nSPS) is 20.6. The molecule has 0 aromatic heterocycles. The third kappa shape index (κ3) is 17.1. The summed E-state index contributed by atoms with van der Waals surface area (Å²) in [7, 11) is 0. The van der Waals surface area contributed by atoms with Gasteiger partial charge in [-0.2, -0.15) is 0 Å². The summed E-state index contributed by atoms with van der Waals surface area (Å²) in [5.74, 6) is 0. The van der Waals surface area contributed by atoms with E-state index in [1.165, 1.54) is 39.0 Å². The molecule has 0 aliphatic heterocycles. The first-order valence-electron chi connectivity index (χ1n) is 15.4. The molecule has 42 heavy (non-hydrogen) atoms. The van der Waals surface area contributed by atoms with E-state index in [1.54, 1.807) is 0 Å². The van der Waals surface area contributed by atoms with Gasteiger partial charge in [-0.3, -0.25) is 0 Å². The van der Waals surface area contributed by atoms with E-state index in [9.17, 15) is 10.2 Å². The van der Waals surface area contributed by atoms with Gasteiger partial charge in [0.15, 0.2) is 0 Å². The fourth-order valence-corrected chi connectivity index (χ4v) is 4.98. The van der Waals surface area contributed by atoms with Crippen LogP contribution < -0.4 is 0 Å². The highest BCUT2D eigenvalue weighted by Gasteiger charge is 2.31. The van der Waals surface area contributed by atoms with Crippen molar-refractivity contribution in [1.29, 1.82) is 0 Å². The van der Waals surface area contributed by atoms with Crippen molar-refractivity contribution in [3.05, 3.63) is 130 Å². The third-order valence-electron chi connectivity index (χ3n) is 7.35. The minimum absolute atomic E-state index is 0.00635. The largest absolute Gasteiger partial charge is 0.393 e. The van der Waals surface area contributed by atoms with Crippen LogP contribution in [0.4, 0.5) is 0 Å². The molecular formula is C40H58O2. The van der Waals surface area contributed by atoms with Crippen LogP contribution in [0.5, 0.6) is 0 Å². The summed E-state index contributed by atoms with van der Waals surface area (Å²) in [4.78, 5) is 0. The molecule has 1 atom stereocenters. The number of aliphatic hydroxyl groups is 2. The van der Waals surface area contributed by atoms with Crippen molar-refractivity contribution in [1.82, 2.24) is 0 Å². The van der Waals surface area contributed by atoms with Gasteiger partial charge in [0.1, 0.15) is 0 Å². The summed E-state index contributed by atoms with van der Waals surface area (Å²) in [5, 5.41) is 19.9. The molecule has 0 spiro atoms. The Labute approximate surface area is 258 Å². The van der Waals surface area contributed by atoms with Gasteiger partial charge in [0.2, 0.25) is 0 Å². The average molecular weight is 571 g/mol. The molecule has 0 saturated heterocycles. The number of allylic oxidation sites excluding steroid dienone is 21.